The number of nitrogens with one attached hydrogen (secondary N) is 2. The predicted octanol–water partition coefficient (Wildman–Crippen LogP) is 3.70. The quantitative estimate of drug-likeness (QED) is 0.729. The van der Waals surface area contributed by atoms with Crippen molar-refractivity contribution in [3.05, 3.63) is 65.7 Å². The van der Waals surface area contributed by atoms with E-state index in [1.54, 1.807) is 0 Å². The minimum Gasteiger partial charge on any atom is -0.378 e. The molecule has 6 heteroatoms. The normalized spacial score (nSPS) is 14.1. The number of morpholine rings is 1. The van der Waals surface area contributed by atoms with Gasteiger partial charge in [0.05, 0.1) is 18.7 Å². The standard InChI is InChI=1S/C22H24N4O2/c1-16-13-21(26-9-11-28-12-10-26)25-20-8-7-18(14-19(16)20)24-22(27)23-15-17-5-3-2-4-6-17/h2-8,13-14H,9-12,15H2,1H3,(H2,23,24,27). The number of hydrogen-bond acceptors (Lipinski definition) is 4. The molecule has 6 nitrogen and oxygen atoms in total. The molecule has 2 heterocycles. The van der Waals surface area contributed by atoms with E-state index in [-0.39, 0.29) is 6.03 Å². The lowest BCUT2D eigenvalue weighted by Gasteiger charge is -2.28. The van der Waals surface area contributed by atoms with Crippen molar-refractivity contribution in [1.82, 2.24) is 10.3 Å². The summed E-state index contributed by atoms with van der Waals surface area (Å²) in [5.41, 5.74) is 3.88. The lowest BCUT2D eigenvalue weighted by molar-refractivity contribution is 0.122. The van der Waals surface area contributed by atoms with Crippen LogP contribution in [0.4, 0.5) is 16.3 Å². The Morgan fingerprint density at radius 1 is 1.11 bits per heavy atom. The van der Waals surface area contributed by atoms with Crippen LogP contribution >= 0.6 is 0 Å². The molecule has 144 valence electrons. The molecule has 0 unspecified atom stereocenters. The zero-order chi connectivity index (χ0) is 19.3. The van der Waals surface area contributed by atoms with Crippen LogP contribution in [0.5, 0.6) is 0 Å². The van der Waals surface area contributed by atoms with E-state index in [9.17, 15) is 4.79 Å². The molecule has 0 spiro atoms. The SMILES string of the molecule is Cc1cc(N2CCOCC2)nc2ccc(NC(=O)NCc3ccccc3)cc12. The van der Waals surface area contributed by atoms with E-state index in [2.05, 4.69) is 28.5 Å². The van der Waals surface area contributed by atoms with Crippen LogP contribution in [0.2, 0.25) is 0 Å². The molecule has 1 fully saturated rings. The average molecular weight is 376 g/mol. The van der Waals surface area contributed by atoms with Crippen molar-refractivity contribution in [2.24, 2.45) is 0 Å². The number of carbonyl (C=O) groups excluding carboxylic acids is 1. The number of aryl methyl sites for hydroxylation is 1. The van der Waals surface area contributed by atoms with Crippen molar-refractivity contribution >= 4 is 28.4 Å². The van der Waals surface area contributed by atoms with Crippen LogP contribution in [0.1, 0.15) is 11.1 Å². The number of rotatable bonds is 4. The molecule has 1 aliphatic heterocycles. The van der Waals surface area contributed by atoms with Crippen molar-refractivity contribution in [1.29, 1.82) is 0 Å². The Morgan fingerprint density at radius 2 is 1.89 bits per heavy atom. The Hall–Kier alpha value is -3.12. The van der Waals surface area contributed by atoms with Gasteiger partial charge in [-0.2, -0.15) is 0 Å². The largest absolute Gasteiger partial charge is 0.378 e. The van der Waals surface area contributed by atoms with Gasteiger partial charge in [0.1, 0.15) is 5.82 Å². The minimum atomic E-state index is -0.223. The van der Waals surface area contributed by atoms with E-state index in [0.29, 0.717) is 6.54 Å². The van der Waals surface area contributed by atoms with Gasteiger partial charge in [-0.25, -0.2) is 9.78 Å². The van der Waals surface area contributed by atoms with Gasteiger partial charge in [-0.1, -0.05) is 30.3 Å². The molecular weight excluding hydrogens is 352 g/mol. The molecule has 2 aromatic carbocycles. The molecule has 1 aromatic heterocycles. The number of pyridine rings is 1. The zero-order valence-electron chi connectivity index (χ0n) is 15.9. The number of urea groups is 1. The summed E-state index contributed by atoms with van der Waals surface area (Å²) in [7, 11) is 0. The fourth-order valence-electron chi connectivity index (χ4n) is 3.36. The van der Waals surface area contributed by atoms with E-state index in [1.165, 1.54) is 0 Å². The lowest BCUT2D eigenvalue weighted by atomic mass is 10.1. The maximum absolute atomic E-state index is 12.2. The van der Waals surface area contributed by atoms with Crippen molar-refractivity contribution in [3.8, 4) is 0 Å². The Labute approximate surface area is 164 Å². The van der Waals surface area contributed by atoms with E-state index in [0.717, 1.165) is 59.8 Å². The van der Waals surface area contributed by atoms with E-state index in [4.69, 9.17) is 9.72 Å². The van der Waals surface area contributed by atoms with Crippen molar-refractivity contribution < 1.29 is 9.53 Å². The fourth-order valence-corrected chi connectivity index (χ4v) is 3.36. The second-order valence-electron chi connectivity index (χ2n) is 6.92. The summed E-state index contributed by atoms with van der Waals surface area (Å²) in [6.45, 7) is 5.76. The third-order valence-corrected chi connectivity index (χ3v) is 4.89. The number of amides is 2. The molecule has 4 rings (SSSR count). The van der Waals surface area contributed by atoms with Crippen molar-refractivity contribution in [3.63, 3.8) is 0 Å². The fraction of sp³-hybridized carbons (Fsp3) is 0.273. The van der Waals surface area contributed by atoms with Gasteiger partial charge >= 0.3 is 6.03 Å². The number of nitrogens with zero attached hydrogens (tertiary/aromatic N) is 2. The third kappa shape index (κ3) is 4.23. The number of carbonyl (C=O) groups is 1. The first kappa shape index (κ1) is 18.3. The summed E-state index contributed by atoms with van der Waals surface area (Å²) in [5.74, 6) is 0.981. The first-order valence-electron chi connectivity index (χ1n) is 9.52. The van der Waals surface area contributed by atoms with Crippen LogP contribution in [0.25, 0.3) is 10.9 Å². The Morgan fingerprint density at radius 3 is 2.68 bits per heavy atom. The number of benzene rings is 2. The van der Waals surface area contributed by atoms with Crippen molar-refractivity contribution in [2.75, 3.05) is 36.5 Å². The maximum Gasteiger partial charge on any atom is 0.319 e. The maximum atomic E-state index is 12.2. The molecule has 3 aromatic rings. The lowest BCUT2D eigenvalue weighted by Crippen LogP contribution is -2.36. The Kier molecular flexibility index (Phi) is 5.39. The van der Waals surface area contributed by atoms with Gasteiger partial charge in [0.2, 0.25) is 0 Å². The summed E-state index contributed by atoms with van der Waals surface area (Å²) >= 11 is 0. The zero-order valence-corrected chi connectivity index (χ0v) is 15.9. The number of aromatic nitrogens is 1. The summed E-state index contributed by atoms with van der Waals surface area (Å²) in [4.78, 5) is 19.3. The molecule has 0 radical (unpaired) electrons. The molecule has 0 atom stereocenters. The van der Waals surface area contributed by atoms with Gasteiger partial charge in [0.15, 0.2) is 0 Å². The molecule has 1 saturated heterocycles. The highest BCUT2D eigenvalue weighted by atomic mass is 16.5. The van der Waals surface area contributed by atoms with E-state index < -0.39 is 0 Å². The predicted molar refractivity (Wildman–Crippen MR) is 112 cm³/mol. The first-order chi connectivity index (χ1) is 13.7. The number of fused-ring (bicyclic) bond motifs is 1. The first-order valence-corrected chi connectivity index (χ1v) is 9.52. The number of hydrogen-bond donors (Lipinski definition) is 2. The second kappa shape index (κ2) is 8.27. The van der Waals surface area contributed by atoms with Gasteiger partial charge in [0, 0.05) is 30.7 Å². The van der Waals surface area contributed by atoms with E-state index >= 15 is 0 Å². The number of anilines is 2. The monoisotopic (exact) mass is 376 g/mol. The highest BCUT2D eigenvalue weighted by Crippen LogP contribution is 2.25. The molecule has 0 aliphatic carbocycles. The minimum absolute atomic E-state index is 0.223. The van der Waals surface area contributed by atoms with Crippen LogP contribution in [0.3, 0.4) is 0 Å². The smallest absolute Gasteiger partial charge is 0.319 e. The average Bonchev–Trinajstić information content (AvgIpc) is 2.74. The molecule has 0 bridgehead atoms. The topological polar surface area (TPSA) is 66.5 Å². The van der Waals surface area contributed by atoms with Gasteiger partial charge < -0.3 is 20.3 Å². The summed E-state index contributed by atoms with van der Waals surface area (Å²) in [6.07, 6.45) is 0. The van der Waals surface area contributed by atoms with Gasteiger partial charge in [-0.3, -0.25) is 0 Å². The third-order valence-electron chi connectivity index (χ3n) is 4.89. The van der Waals surface area contributed by atoms with Crippen LogP contribution < -0.4 is 15.5 Å². The van der Waals surface area contributed by atoms with Crippen molar-refractivity contribution in [2.45, 2.75) is 13.5 Å². The molecule has 28 heavy (non-hydrogen) atoms. The Bertz CT molecular complexity index is 969. The van der Waals surface area contributed by atoms with Crippen LogP contribution in [0.15, 0.2) is 54.6 Å². The molecule has 0 saturated carbocycles. The molecule has 1 aliphatic rings. The summed E-state index contributed by atoms with van der Waals surface area (Å²) in [6, 6.07) is 17.5. The van der Waals surface area contributed by atoms with Crippen LogP contribution in [-0.2, 0) is 11.3 Å². The van der Waals surface area contributed by atoms with E-state index in [1.807, 2.05) is 48.5 Å². The van der Waals surface area contributed by atoms with Crippen LogP contribution in [-0.4, -0.2) is 37.3 Å². The van der Waals surface area contributed by atoms with Gasteiger partial charge in [-0.15, -0.1) is 0 Å². The second-order valence-corrected chi connectivity index (χ2v) is 6.92. The Balaban J connectivity index is 1.46. The summed E-state index contributed by atoms with van der Waals surface area (Å²) < 4.78 is 5.42. The summed E-state index contributed by atoms with van der Waals surface area (Å²) in [5, 5.41) is 6.82. The van der Waals surface area contributed by atoms with Crippen LogP contribution in [0, 0.1) is 6.92 Å². The van der Waals surface area contributed by atoms with Gasteiger partial charge in [-0.05, 0) is 42.3 Å². The molecule has 2 N–H and O–H groups in total. The van der Waals surface area contributed by atoms with Gasteiger partial charge in [0.25, 0.3) is 0 Å². The molecule has 2 amide bonds. The molecular formula is C22H24N4O2. The number of ether oxygens (including phenoxy) is 1. The highest BCUT2D eigenvalue weighted by Gasteiger charge is 2.14. The highest BCUT2D eigenvalue weighted by molar-refractivity contribution is 5.93.